The van der Waals surface area contributed by atoms with E-state index in [1.807, 2.05) is 0 Å². The third kappa shape index (κ3) is 1.48. The summed E-state index contributed by atoms with van der Waals surface area (Å²) in [4.78, 5) is 0. The van der Waals surface area contributed by atoms with Gasteiger partial charge in [-0.05, 0) is 35.8 Å². The zero-order valence-electron chi connectivity index (χ0n) is 14.0. The van der Waals surface area contributed by atoms with Crippen LogP contribution in [0.3, 0.4) is 0 Å². The van der Waals surface area contributed by atoms with Gasteiger partial charge in [-0.15, -0.1) is 0 Å². The molecule has 1 heteroatoms. The van der Waals surface area contributed by atoms with Gasteiger partial charge < -0.3 is 4.74 Å². The molecular weight excluding hydrogens is 280 g/mol. The quantitative estimate of drug-likeness (QED) is 0.730. The lowest BCUT2D eigenvalue weighted by molar-refractivity contribution is -0.0376. The van der Waals surface area contributed by atoms with Crippen molar-refractivity contribution in [2.45, 2.75) is 44.3 Å². The van der Waals surface area contributed by atoms with Gasteiger partial charge in [0.25, 0.3) is 0 Å². The molecule has 3 fully saturated rings. The van der Waals surface area contributed by atoms with Crippen molar-refractivity contribution in [3.8, 4) is 0 Å². The summed E-state index contributed by atoms with van der Waals surface area (Å²) in [6.45, 7) is 4.90. The van der Waals surface area contributed by atoms with Crippen LogP contribution in [0.5, 0.6) is 0 Å². The molecule has 1 aliphatic heterocycles. The van der Waals surface area contributed by atoms with Crippen molar-refractivity contribution in [3.05, 3.63) is 71.8 Å². The number of rotatable bonds is 3. The summed E-state index contributed by atoms with van der Waals surface area (Å²) >= 11 is 0. The Morgan fingerprint density at radius 3 is 2.09 bits per heavy atom. The fourth-order valence-corrected chi connectivity index (χ4v) is 5.85. The van der Waals surface area contributed by atoms with E-state index in [0.29, 0.717) is 5.92 Å². The van der Waals surface area contributed by atoms with Gasteiger partial charge >= 0.3 is 0 Å². The van der Waals surface area contributed by atoms with Gasteiger partial charge in [-0.3, -0.25) is 0 Å². The molecule has 0 amide bonds. The summed E-state index contributed by atoms with van der Waals surface area (Å²) in [5.41, 5.74) is 2.96. The van der Waals surface area contributed by atoms with E-state index in [9.17, 15) is 0 Å². The second-order valence-corrected chi connectivity index (χ2v) is 8.21. The first-order valence-electron chi connectivity index (χ1n) is 8.91. The van der Waals surface area contributed by atoms with Crippen LogP contribution in [0.25, 0.3) is 0 Å². The molecule has 0 N–H and O–H groups in total. The summed E-state index contributed by atoms with van der Waals surface area (Å²) < 4.78 is 6.77. The molecule has 1 nitrogen and oxygen atoms in total. The largest absolute Gasteiger partial charge is 0.356 e. The van der Waals surface area contributed by atoms with E-state index in [1.165, 1.54) is 24.0 Å². The molecule has 0 bridgehead atoms. The Kier molecular flexibility index (Phi) is 2.56. The molecule has 0 spiro atoms. The minimum atomic E-state index is -0.0451. The standard InChI is InChI=1S/C22H24O/c1-20(2)18-13-14-19(18)22(17-11-7-4-8-12-17)21(20,23-22)15-16-9-5-3-6-10-16/h3-12,18-19H,13-15H2,1-2H3/t18?,19?,21-,22+/m0/s1. The number of epoxide rings is 1. The first-order valence-corrected chi connectivity index (χ1v) is 8.91. The topological polar surface area (TPSA) is 12.5 Å². The van der Waals surface area contributed by atoms with Crippen LogP contribution in [-0.2, 0) is 16.8 Å². The highest BCUT2D eigenvalue weighted by Gasteiger charge is 2.87. The maximum atomic E-state index is 6.77. The van der Waals surface area contributed by atoms with Gasteiger partial charge in [-0.2, -0.15) is 0 Å². The Labute approximate surface area is 138 Å². The average Bonchev–Trinajstić information content (AvgIpc) is 3.16. The van der Waals surface area contributed by atoms with Crippen molar-refractivity contribution in [3.63, 3.8) is 0 Å². The molecule has 2 saturated carbocycles. The Balaban J connectivity index is 1.64. The molecule has 1 heterocycles. The molecule has 3 aliphatic rings. The van der Waals surface area contributed by atoms with Crippen molar-refractivity contribution in [1.82, 2.24) is 0 Å². The molecule has 1 saturated heterocycles. The first kappa shape index (κ1) is 13.8. The highest BCUT2D eigenvalue weighted by Crippen LogP contribution is 2.82. The van der Waals surface area contributed by atoms with Gasteiger partial charge in [-0.1, -0.05) is 74.5 Å². The smallest absolute Gasteiger partial charge is 0.127 e. The van der Waals surface area contributed by atoms with Crippen LogP contribution in [0.15, 0.2) is 60.7 Å². The third-order valence-corrected chi connectivity index (χ3v) is 7.16. The zero-order valence-corrected chi connectivity index (χ0v) is 14.0. The van der Waals surface area contributed by atoms with Crippen molar-refractivity contribution in [2.24, 2.45) is 17.3 Å². The summed E-state index contributed by atoms with van der Waals surface area (Å²) in [7, 11) is 0. The monoisotopic (exact) mass is 304 g/mol. The van der Waals surface area contributed by atoms with Crippen molar-refractivity contribution >= 4 is 0 Å². The van der Waals surface area contributed by atoms with Crippen LogP contribution >= 0.6 is 0 Å². The van der Waals surface area contributed by atoms with E-state index >= 15 is 0 Å². The van der Waals surface area contributed by atoms with Gasteiger partial charge in [0.1, 0.15) is 11.2 Å². The summed E-state index contributed by atoms with van der Waals surface area (Å²) in [5.74, 6) is 1.50. The van der Waals surface area contributed by atoms with Crippen LogP contribution in [0.2, 0.25) is 0 Å². The molecule has 2 unspecified atom stereocenters. The Morgan fingerprint density at radius 2 is 1.48 bits per heavy atom. The van der Waals surface area contributed by atoms with Crippen LogP contribution in [0.4, 0.5) is 0 Å². The summed E-state index contributed by atoms with van der Waals surface area (Å²) in [6.07, 6.45) is 3.72. The SMILES string of the molecule is CC1(C)C2CCC2[C@@]2(c3ccccc3)O[C@@]12Cc1ccccc1. The van der Waals surface area contributed by atoms with E-state index in [-0.39, 0.29) is 16.6 Å². The first-order chi connectivity index (χ1) is 11.1. The van der Waals surface area contributed by atoms with Crippen LogP contribution in [0, 0.1) is 17.3 Å². The van der Waals surface area contributed by atoms with E-state index in [0.717, 1.165) is 12.3 Å². The fourth-order valence-electron chi connectivity index (χ4n) is 5.85. The Morgan fingerprint density at radius 1 is 0.870 bits per heavy atom. The molecular formula is C22H24O. The third-order valence-electron chi connectivity index (χ3n) is 7.16. The minimum absolute atomic E-state index is 0.0332. The lowest BCUT2D eigenvalue weighted by Gasteiger charge is -2.44. The highest BCUT2D eigenvalue weighted by molar-refractivity contribution is 5.45. The van der Waals surface area contributed by atoms with E-state index in [4.69, 9.17) is 4.74 Å². The van der Waals surface area contributed by atoms with Gasteiger partial charge in [0, 0.05) is 11.8 Å². The van der Waals surface area contributed by atoms with Crippen molar-refractivity contribution in [1.29, 1.82) is 0 Å². The predicted octanol–water partition coefficient (Wildman–Crippen LogP) is 4.96. The average molecular weight is 304 g/mol. The van der Waals surface area contributed by atoms with E-state index in [1.54, 1.807) is 0 Å². The van der Waals surface area contributed by atoms with Crippen LogP contribution in [-0.4, -0.2) is 5.60 Å². The second kappa shape index (κ2) is 4.27. The van der Waals surface area contributed by atoms with Gasteiger partial charge in [0.2, 0.25) is 0 Å². The van der Waals surface area contributed by atoms with Crippen molar-refractivity contribution < 1.29 is 4.74 Å². The number of fused-ring (bicyclic) bond motifs is 3. The lowest BCUT2D eigenvalue weighted by atomic mass is 9.63. The van der Waals surface area contributed by atoms with E-state index < -0.39 is 0 Å². The maximum absolute atomic E-state index is 6.77. The number of ether oxygens (including phenoxy) is 1. The zero-order chi connectivity index (χ0) is 15.7. The van der Waals surface area contributed by atoms with Crippen molar-refractivity contribution in [2.75, 3.05) is 0 Å². The highest BCUT2D eigenvalue weighted by atomic mass is 16.6. The fraction of sp³-hybridized carbons (Fsp3) is 0.455. The van der Waals surface area contributed by atoms with E-state index in [2.05, 4.69) is 74.5 Å². The number of benzene rings is 2. The van der Waals surface area contributed by atoms with Gasteiger partial charge in [0.05, 0.1) is 0 Å². The van der Waals surface area contributed by atoms with Gasteiger partial charge in [0.15, 0.2) is 0 Å². The molecule has 2 aromatic carbocycles. The molecule has 4 atom stereocenters. The normalized spacial score (nSPS) is 39.2. The molecule has 23 heavy (non-hydrogen) atoms. The molecule has 0 aromatic heterocycles. The molecule has 2 aromatic rings. The predicted molar refractivity (Wildman–Crippen MR) is 92.1 cm³/mol. The second-order valence-electron chi connectivity index (χ2n) is 8.21. The Bertz CT molecular complexity index is 735. The lowest BCUT2D eigenvalue weighted by Crippen LogP contribution is -2.41. The summed E-state index contributed by atoms with van der Waals surface area (Å²) in [5, 5.41) is 0. The summed E-state index contributed by atoms with van der Waals surface area (Å²) in [6, 6.07) is 21.9. The molecule has 5 rings (SSSR count). The molecule has 0 radical (unpaired) electrons. The number of hydrogen-bond acceptors (Lipinski definition) is 1. The minimum Gasteiger partial charge on any atom is -0.356 e. The van der Waals surface area contributed by atoms with Gasteiger partial charge in [-0.25, -0.2) is 0 Å². The number of hydrogen-bond donors (Lipinski definition) is 0. The Hall–Kier alpha value is -1.60. The van der Waals surface area contributed by atoms with Crippen LogP contribution in [0.1, 0.15) is 37.8 Å². The maximum Gasteiger partial charge on any atom is 0.127 e. The molecule has 118 valence electrons. The van der Waals surface area contributed by atoms with Crippen LogP contribution < -0.4 is 0 Å². The molecule has 2 aliphatic carbocycles.